The Morgan fingerprint density at radius 1 is 1.10 bits per heavy atom. The zero-order valence-electron chi connectivity index (χ0n) is 6.29. The second-order valence-corrected chi connectivity index (χ2v) is 2.63. The third-order valence-corrected chi connectivity index (χ3v) is 1.86. The van der Waals surface area contributed by atoms with E-state index in [1.54, 1.807) is 0 Å². The number of nitrogens with zero attached hydrogens (tertiary/aromatic N) is 1. The molecule has 0 saturated carbocycles. The Kier molecular flexibility index (Phi) is 6.54. The molecule has 1 aliphatic rings. The van der Waals surface area contributed by atoms with E-state index in [9.17, 15) is 0 Å². The SMILES string of the molecule is OCCN1CCCCC1.[V]. The fourth-order valence-corrected chi connectivity index (χ4v) is 1.32. The van der Waals surface area contributed by atoms with Crippen molar-refractivity contribution in [3.63, 3.8) is 0 Å². The van der Waals surface area contributed by atoms with Crippen molar-refractivity contribution in [3.05, 3.63) is 0 Å². The normalized spacial score (nSPS) is 20.1. The molecule has 0 aromatic heterocycles. The molecule has 0 bridgehead atoms. The van der Waals surface area contributed by atoms with Crippen LogP contribution in [-0.2, 0) is 18.6 Å². The number of aliphatic hydroxyl groups excluding tert-OH is 1. The first-order chi connectivity index (χ1) is 4.43. The van der Waals surface area contributed by atoms with Gasteiger partial charge in [-0.05, 0) is 25.9 Å². The van der Waals surface area contributed by atoms with Crippen LogP contribution >= 0.6 is 0 Å². The van der Waals surface area contributed by atoms with E-state index in [4.69, 9.17) is 5.11 Å². The number of likely N-dealkylation sites (tertiary alicyclic amines) is 1. The summed E-state index contributed by atoms with van der Waals surface area (Å²) in [6, 6.07) is 0. The summed E-state index contributed by atoms with van der Waals surface area (Å²) < 4.78 is 0. The maximum Gasteiger partial charge on any atom is 0.0558 e. The molecule has 1 fully saturated rings. The van der Waals surface area contributed by atoms with Gasteiger partial charge in [-0.15, -0.1) is 0 Å². The van der Waals surface area contributed by atoms with Gasteiger partial charge >= 0.3 is 0 Å². The van der Waals surface area contributed by atoms with Crippen LogP contribution in [0.4, 0.5) is 0 Å². The summed E-state index contributed by atoms with van der Waals surface area (Å²) in [4.78, 5) is 2.32. The van der Waals surface area contributed by atoms with E-state index in [1.807, 2.05) is 0 Å². The average molecular weight is 180 g/mol. The van der Waals surface area contributed by atoms with Crippen LogP contribution in [0.3, 0.4) is 0 Å². The zero-order chi connectivity index (χ0) is 6.53. The third-order valence-electron chi connectivity index (χ3n) is 1.86. The molecule has 0 aliphatic carbocycles. The molecule has 3 heteroatoms. The van der Waals surface area contributed by atoms with Gasteiger partial charge in [0.15, 0.2) is 0 Å². The minimum atomic E-state index is 0. The van der Waals surface area contributed by atoms with Crippen LogP contribution < -0.4 is 0 Å². The summed E-state index contributed by atoms with van der Waals surface area (Å²) in [7, 11) is 0. The first kappa shape index (κ1) is 10.5. The predicted octanol–water partition coefficient (Wildman–Crippen LogP) is 0.462. The van der Waals surface area contributed by atoms with Gasteiger partial charge in [-0.1, -0.05) is 6.42 Å². The maximum absolute atomic E-state index is 8.58. The van der Waals surface area contributed by atoms with E-state index in [0.717, 1.165) is 6.54 Å². The van der Waals surface area contributed by atoms with Gasteiger partial charge in [0.05, 0.1) is 6.61 Å². The van der Waals surface area contributed by atoms with Crippen molar-refractivity contribution in [3.8, 4) is 0 Å². The van der Waals surface area contributed by atoms with E-state index in [0.29, 0.717) is 6.61 Å². The Balaban J connectivity index is 0.000000810. The molecule has 0 amide bonds. The van der Waals surface area contributed by atoms with Crippen LogP contribution in [0.15, 0.2) is 0 Å². The molecule has 1 N–H and O–H groups in total. The minimum absolute atomic E-state index is 0. The van der Waals surface area contributed by atoms with Crippen molar-refractivity contribution in [1.82, 2.24) is 4.90 Å². The second kappa shape index (κ2) is 6.23. The molecular formula is C7H15NOV. The van der Waals surface area contributed by atoms with Crippen molar-refractivity contribution >= 4 is 0 Å². The van der Waals surface area contributed by atoms with Gasteiger partial charge in [-0.3, -0.25) is 0 Å². The molecule has 0 aromatic rings. The topological polar surface area (TPSA) is 23.5 Å². The van der Waals surface area contributed by atoms with Gasteiger partial charge < -0.3 is 10.0 Å². The van der Waals surface area contributed by atoms with Crippen LogP contribution in [0.25, 0.3) is 0 Å². The van der Waals surface area contributed by atoms with Crippen LogP contribution in [0.1, 0.15) is 19.3 Å². The molecule has 2 nitrogen and oxygen atoms in total. The van der Waals surface area contributed by atoms with Crippen LogP contribution in [0.2, 0.25) is 0 Å². The quantitative estimate of drug-likeness (QED) is 0.667. The predicted molar refractivity (Wildman–Crippen MR) is 37.4 cm³/mol. The summed E-state index contributed by atoms with van der Waals surface area (Å²) >= 11 is 0. The zero-order valence-corrected chi connectivity index (χ0v) is 7.69. The van der Waals surface area contributed by atoms with Gasteiger partial charge in [-0.2, -0.15) is 0 Å². The molecule has 0 unspecified atom stereocenters. The molecule has 1 heterocycles. The maximum atomic E-state index is 8.58. The Hall–Kier alpha value is 0.504. The first-order valence-electron chi connectivity index (χ1n) is 3.76. The summed E-state index contributed by atoms with van der Waals surface area (Å²) in [5.41, 5.74) is 0. The number of rotatable bonds is 2. The van der Waals surface area contributed by atoms with Crippen molar-refractivity contribution in [2.24, 2.45) is 0 Å². The second-order valence-electron chi connectivity index (χ2n) is 2.63. The van der Waals surface area contributed by atoms with Gasteiger partial charge in [0.1, 0.15) is 0 Å². The molecule has 10 heavy (non-hydrogen) atoms. The van der Waals surface area contributed by atoms with E-state index >= 15 is 0 Å². The molecule has 0 aromatic carbocycles. The van der Waals surface area contributed by atoms with Crippen LogP contribution in [0.5, 0.6) is 0 Å². The number of aliphatic hydroxyl groups is 1. The summed E-state index contributed by atoms with van der Waals surface area (Å²) in [5.74, 6) is 0. The average Bonchev–Trinajstić information content (AvgIpc) is 1.91. The van der Waals surface area contributed by atoms with Gasteiger partial charge in [0, 0.05) is 25.1 Å². The van der Waals surface area contributed by atoms with Gasteiger partial charge in [-0.25, -0.2) is 0 Å². The van der Waals surface area contributed by atoms with Crippen molar-refractivity contribution in [2.75, 3.05) is 26.2 Å². The fourth-order valence-electron chi connectivity index (χ4n) is 1.32. The monoisotopic (exact) mass is 180 g/mol. The Labute approximate surface area is 74.5 Å². The summed E-state index contributed by atoms with van der Waals surface area (Å²) in [5, 5.41) is 8.58. The Morgan fingerprint density at radius 2 is 1.70 bits per heavy atom. The van der Waals surface area contributed by atoms with Gasteiger partial charge in [0.2, 0.25) is 0 Å². The number of hydrogen-bond donors (Lipinski definition) is 1. The number of β-amino-alcohol motifs (C(OH)–C–C–N with tert-alkyl or cyclic N) is 1. The Morgan fingerprint density at radius 3 is 2.20 bits per heavy atom. The molecule has 1 rings (SSSR count). The first-order valence-corrected chi connectivity index (χ1v) is 3.76. The number of hydrogen-bond acceptors (Lipinski definition) is 2. The molecule has 0 atom stereocenters. The molecule has 59 valence electrons. The van der Waals surface area contributed by atoms with E-state index < -0.39 is 0 Å². The Bertz CT molecular complexity index is 71.3. The van der Waals surface area contributed by atoms with E-state index in [2.05, 4.69) is 4.90 Å². The third kappa shape index (κ3) is 3.62. The van der Waals surface area contributed by atoms with E-state index in [1.165, 1.54) is 32.4 Å². The summed E-state index contributed by atoms with van der Waals surface area (Å²) in [6.07, 6.45) is 4.02. The smallest absolute Gasteiger partial charge is 0.0558 e. The van der Waals surface area contributed by atoms with Crippen molar-refractivity contribution < 1.29 is 23.7 Å². The van der Waals surface area contributed by atoms with Gasteiger partial charge in [0.25, 0.3) is 0 Å². The fraction of sp³-hybridized carbons (Fsp3) is 1.00. The standard InChI is InChI=1S/C7H15NO.V/c9-7-6-8-4-2-1-3-5-8;/h9H,1-7H2;. The molecule has 1 saturated heterocycles. The van der Waals surface area contributed by atoms with Crippen LogP contribution in [-0.4, -0.2) is 36.2 Å². The molecular weight excluding hydrogens is 165 g/mol. The van der Waals surface area contributed by atoms with E-state index in [-0.39, 0.29) is 18.6 Å². The van der Waals surface area contributed by atoms with Crippen molar-refractivity contribution in [2.45, 2.75) is 19.3 Å². The molecule has 1 aliphatic heterocycles. The summed E-state index contributed by atoms with van der Waals surface area (Å²) in [6.45, 7) is 3.58. The van der Waals surface area contributed by atoms with Crippen LogP contribution in [0, 0.1) is 0 Å². The molecule has 0 spiro atoms. The molecule has 1 radical (unpaired) electrons. The van der Waals surface area contributed by atoms with Crippen molar-refractivity contribution in [1.29, 1.82) is 0 Å². The largest absolute Gasteiger partial charge is 0.395 e. The number of piperidine rings is 1. The minimum Gasteiger partial charge on any atom is -0.395 e.